The third-order valence-corrected chi connectivity index (χ3v) is 0.762. The Morgan fingerprint density at radius 2 is 1.75 bits per heavy atom. The molecule has 0 spiro atoms. The lowest BCUT2D eigenvalue weighted by molar-refractivity contribution is -0.173. The molecular formula is C3H3ClF4. The van der Waals surface area contributed by atoms with E-state index >= 15 is 0 Å². The van der Waals surface area contributed by atoms with E-state index in [1.54, 1.807) is 0 Å². The third kappa shape index (κ3) is 2.35. The van der Waals surface area contributed by atoms with Crippen LogP contribution in [0.15, 0.2) is 0 Å². The molecule has 1 unspecified atom stereocenters. The van der Waals surface area contributed by atoms with Gasteiger partial charge in [-0.2, -0.15) is 13.2 Å². The van der Waals surface area contributed by atoms with Gasteiger partial charge in [-0.3, -0.25) is 0 Å². The highest BCUT2D eigenvalue weighted by Crippen LogP contribution is 2.23. The molecule has 0 aromatic carbocycles. The van der Waals surface area contributed by atoms with Crippen molar-refractivity contribution in [1.82, 2.24) is 0 Å². The molecule has 0 aliphatic carbocycles. The van der Waals surface area contributed by atoms with Crippen molar-refractivity contribution in [2.24, 2.45) is 0 Å². The molecule has 1 atom stereocenters. The fraction of sp³-hybridized carbons (Fsp3) is 1.00. The fourth-order valence-corrected chi connectivity index (χ4v) is 0.262. The molecule has 0 aliphatic rings. The second-order valence-electron chi connectivity index (χ2n) is 1.16. The van der Waals surface area contributed by atoms with Gasteiger partial charge in [0.1, 0.15) is 0 Å². The minimum absolute atomic E-state index is 1.02. The molecule has 0 aromatic heterocycles. The Hall–Kier alpha value is 0.01000. The molecule has 0 fully saturated rings. The molecule has 0 amide bonds. The maximum Gasteiger partial charge on any atom is 0.420 e. The molecule has 5 heteroatoms. The summed E-state index contributed by atoms with van der Waals surface area (Å²) in [6.07, 6.45) is -7.67. The molecular weight excluding hydrogens is 147 g/mol. The number of hydrogen-bond acceptors (Lipinski definition) is 0. The predicted octanol–water partition coefficient (Wildman–Crippen LogP) is 2.13. The summed E-state index contributed by atoms with van der Waals surface area (Å²) in [4.78, 5) is 0. The first-order valence-electron chi connectivity index (χ1n) is 1.75. The molecule has 0 N–H and O–H groups in total. The van der Waals surface area contributed by atoms with Gasteiger partial charge in [-0.15, -0.1) is 11.6 Å². The van der Waals surface area contributed by atoms with Gasteiger partial charge in [0.15, 0.2) is 0 Å². The number of halogens is 5. The Morgan fingerprint density at radius 1 is 1.38 bits per heavy atom. The summed E-state index contributed by atoms with van der Waals surface area (Å²) < 4.78 is 44.4. The van der Waals surface area contributed by atoms with Crippen molar-refractivity contribution in [3.63, 3.8) is 0 Å². The van der Waals surface area contributed by atoms with Crippen molar-refractivity contribution in [2.75, 3.05) is 5.88 Å². The zero-order valence-electron chi connectivity index (χ0n) is 3.67. The second-order valence-corrected chi connectivity index (χ2v) is 1.47. The molecule has 0 rings (SSSR count). The van der Waals surface area contributed by atoms with Gasteiger partial charge >= 0.3 is 6.18 Å². The number of hydrogen-bond donors (Lipinski definition) is 0. The van der Waals surface area contributed by atoms with E-state index in [1.807, 2.05) is 0 Å². The largest absolute Gasteiger partial charge is 0.420 e. The van der Waals surface area contributed by atoms with Crippen LogP contribution in [0.5, 0.6) is 0 Å². The van der Waals surface area contributed by atoms with Gasteiger partial charge in [-0.1, -0.05) is 0 Å². The van der Waals surface area contributed by atoms with Gasteiger partial charge in [0.2, 0.25) is 6.17 Å². The molecule has 8 heavy (non-hydrogen) atoms. The summed E-state index contributed by atoms with van der Waals surface area (Å²) in [5, 5.41) is 0. The van der Waals surface area contributed by atoms with E-state index in [4.69, 9.17) is 0 Å². The molecule has 0 heterocycles. The van der Waals surface area contributed by atoms with Crippen LogP contribution in [-0.2, 0) is 0 Å². The van der Waals surface area contributed by atoms with E-state index in [-0.39, 0.29) is 0 Å². The minimum atomic E-state index is -4.79. The zero-order chi connectivity index (χ0) is 6.78. The average molecular weight is 151 g/mol. The van der Waals surface area contributed by atoms with Gasteiger partial charge in [0, 0.05) is 0 Å². The van der Waals surface area contributed by atoms with Crippen molar-refractivity contribution in [3.8, 4) is 0 Å². The maximum absolute atomic E-state index is 11.4. The van der Waals surface area contributed by atoms with Crippen molar-refractivity contribution in [3.05, 3.63) is 0 Å². The van der Waals surface area contributed by atoms with Gasteiger partial charge in [-0.25, -0.2) is 4.39 Å². The van der Waals surface area contributed by atoms with Crippen LogP contribution < -0.4 is 0 Å². The maximum atomic E-state index is 11.4. The first kappa shape index (κ1) is 8.01. The lowest BCUT2D eigenvalue weighted by Gasteiger charge is -2.06. The molecule has 0 aromatic rings. The third-order valence-electron chi connectivity index (χ3n) is 0.491. The smallest absolute Gasteiger partial charge is 0.236 e. The van der Waals surface area contributed by atoms with E-state index in [9.17, 15) is 17.6 Å². The molecule has 0 bridgehead atoms. The lowest BCUT2D eigenvalue weighted by Crippen LogP contribution is -2.25. The number of alkyl halides is 5. The number of rotatable bonds is 1. The van der Waals surface area contributed by atoms with E-state index in [1.165, 1.54) is 0 Å². The van der Waals surface area contributed by atoms with Crippen molar-refractivity contribution < 1.29 is 17.6 Å². The SMILES string of the molecule is FC(CCl)C(F)(F)F. The summed E-state index contributed by atoms with van der Waals surface area (Å²) in [7, 11) is 0. The fourth-order valence-electron chi connectivity index (χ4n) is 0.0875. The molecule has 0 saturated heterocycles. The second kappa shape index (κ2) is 2.53. The van der Waals surface area contributed by atoms with Crippen LogP contribution in [0, 0.1) is 0 Å². The average Bonchev–Trinajstić information content (AvgIpc) is 1.62. The summed E-state index contributed by atoms with van der Waals surface area (Å²) >= 11 is 4.54. The quantitative estimate of drug-likeness (QED) is 0.397. The Bertz CT molecular complexity index is 68.2. The topological polar surface area (TPSA) is 0 Å². The van der Waals surface area contributed by atoms with Crippen molar-refractivity contribution in [2.45, 2.75) is 12.3 Å². The van der Waals surface area contributed by atoms with Gasteiger partial charge in [0.25, 0.3) is 0 Å². The molecule has 0 radical (unpaired) electrons. The first-order chi connectivity index (χ1) is 3.48. The van der Waals surface area contributed by atoms with Crippen molar-refractivity contribution in [1.29, 1.82) is 0 Å². The highest BCUT2D eigenvalue weighted by Gasteiger charge is 2.39. The summed E-state index contributed by atoms with van der Waals surface area (Å²) in [5.41, 5.74) is 0. The Morgan fingerprint density at radius 3 is 1.75 bits per heavy atom. The van der Waals surface area contributed by atoms with Crippen LogP contribution in [0.2, 0.25) is 0 Å². The van der Waals surface area contributed by atoms with Crippen LogP contribution in [0.3, 0.4) is 0 Å². The highest BCUT2D eigenvalue weighted by molar-refractivity contribution is 6.18. The summed E-state index contributed by atoms with van der Waals surface area (Å²) in [5.74, 6) is -1.02. The molecule has 0 saturated carbocycles. The zero-order valence-corrected chi connectivity index (χ0v) is 4.43. The molecule has 0 nitrogen and oxygen atoms in total. The minimum Gasteiger partial charge on any atom is -0.236 e. The van der Waals surface area contributed by atoms with Crippen molar-refractivity contribution >= 4 is 11.6 Å². The van der Waals surface area contributed by atoms with Gasteiger partial charge in [0.05, 0.1) is 5.88 Å². The van der Waals surface area contributed by atoms with E-state index in [0.717, 1.165) is 0 Å². The predicted molar refractivity (Wildman–Crippen MR) is 21.7 cm³/mol. The highest BCUT2D eigenvalue weighted by atomic mass is 35.5. The summed E-state index contributed by atoms with van der Waals surface area (Å²) in [6.45, 7) is 0. The molecule has 0 aliphatic heterocycles. The van der Waals surface area contributed by atoms with Crippen LogP contribution in [-0.4, -0.2) is 18.2 Å². The summed E-state index contributed by atoms with van der Waals surface area (Å²) in [6, 6.07) is 0. The Kier molecular flexibility index (Phi) is 2.53. The monoisotopic (exact) mass is 150 g/mol. The Labute approximate surface area is 48.4 Å². The van der Waals surface area contributed by atoms with Crippen LogP contribution in [0.1, 0.15) is 0 Å². The van der Waals surface area contributed by atoms with E-state index in [2.05, 4.69) is 11.6 Å². The van der Waals surface area contributed by atoms with Gasteiger partial charge < -0.3 is 0 Å². The van der Waals surface area contributed by atoms with E-state index < -0.39 is 18.2 Å². The lowest BCUT2D eigenvalue weighted by atomic mass is 10.4. The van der Waals surface area contributed by atoms with Gasteiger partial charge in [-0.05, 0) is 0 Å². The Balaban J connectivity index is 3.62. The van der Waals surface area contributed by atoms with Crippen LogP contribution in [0.25, 0.3) is 0 Å². The normalized spacial score (nSPS) is 16.1. The van der Waals surface area contributed by atoms with Crippen LogP contribution >= 0.6 is 11.6 Å². The van der Waals surface area contributed by atoms with Crippen LogP contribution in [0.4, 0.5) is 17.6 Å². The molecule has 50 valence electrons. The standard InChI is InChI=1S/C3H3ClF4/c4-1-2(5)3(6,7)8/h2H,1H2. The first-order valence-corrected chi connectivity index (χ1v) is 2.28. The van der Waals surface area contributed by atoms with E-state index in [0.29, 0.717) is 0 Å².